The molecule has 0 heterocycles. The monoisotopic (exact) mass is 434 g/mol. The Kier molecular flexibility index (Phi) is 9.60. The average Bonchev–Trinajstić information content (AvgIpc) is 2.84. The predicted octanol–water partition coefficient (Wildman–Crippen LogP) is 4.32. The van der Waals surface area contributed by atoms with Crippen LogP contribution in [0.2, 0.25) is 0 Å². The third kappa shape index (κ3) is 7.39. The van der Waals surface area contributed by atoms with Gasteiger partial charge in [-0.05, 0) is 23.6 Å². The molecule has 0 amide bonds. The quantitative estimate of drug-likeness (QED) is 0.406. The molecule has 0 saturated carbocycles. The minimum Gasteiger partial charge on any atom is -0.391 e. The predicted molar refractivity (Wildman–Crippen MR) is 123 cm³/mol. The van der Waals surface area contributed by atoms with Crippen molar-refractivity contribution in [3.8, 4) is 0 Å². The number of hydrogen-bond acceptors (Lipinski definition) is 5. The van der Waals surface area contributed by atoms with Crippen LogP contribution in [0.25, 0.3) is 0 Å². The SMILES string of the molecule is C[C@H](O)[C@H](OCc1ccccc1)[C@@H](OCc1ccccc1)[C@H](C=O)OCc1ccccc1. The van der Waals surface area contributed by atoms with Gasteiger partial charge in [-0.15, -0.1) is 0 Å². The van der Waals surface area contributed by atoms with Gasteiger partial charge in [0.05, 0.1) is 25.9 Å². The molecule has 5 heteroatoms. The lowest BCUT2D eigenvalue weighted by Gasteiger charge is -2.33. The van der Waals surface area contributed by atoms with Gasteiger partial charge in [0.25, 0.3) is 0 Å². The molecule has 0 saturated heterocycles. The molecule has 0 aliphatic carbocycles. The van der Waals surface area contributed by atoms with Crippen LogP contribution in [0.1, 0.15) is 23.6 Å². The van der Waals surface area contributed by atoms with Crippen LogP contribution >= 0.6 is 0 Å². The van der Waals surface area contributed by atoms with E-state index in [4.69, 9.17) is 14.2 Å². The molecule has 3 aromatic rings. The fourth-order valence-electron chi connectivity index (χ4n) is 3.40. The molecule has 5 nitrogen and oxygen atoms in total. The highest BCUT2D eigenvalue weighted by Crippen LogP contribution is 2.20. The topological polar surface area (TPSA) is 65.0 Å². The lowest BCUT2D eigenvalue weighted by molar-refractivity contribution is -0.176. The van der Waals surface area contributed by atoms with Crippen LogP contribution in [0.5, 0.6) is 0 Å². The van der Waals surface area contributed by atoms with Crippen LogP contribution in [0.15, 0.2) is 91.0 Å². The van der Waals surface area contributed by atoms with Crippen molar-refractivity contribution in [2.75, 3.05) is 0 Å². The lowest BCUT2D eigenvalue weighted by atomic mass is 10.0. The highest BCUT2D eigenvalue weighted by Gasteiger charge is 2.35. The molecule has 0 radical (unpaired) electrons. The second-order valence-electron chi connectivity index (χ2n) is 7.66. The Labute approximate surface area is 189 Å². The Bertz CT molecular complexity index is 899. The first-order valence-electron chi connectivity index (χ1n) is 10.8. The van der Waals surface area contributed by atoms with E-state index in [-0.39, 0.29) is 19.8 Å². The van der Waals surface area contributed by atoms with Crippen molar-refractivity contribution in [3.05, 3.63) is 108 Å². The summed E-state index contributed by atoms with van der Waals surface area (Å²) in [7, 11) is 0. The number of carbonyl (C=O) groups is 1. The number of aliphatic hydroxyl groups is 1. The number of aliphatic hydroxyl groups excluding tert-OH is 1. The summed E-state index contributed by atoms with van der Waals surface area (Å²) in [6.45, 7) is 2.43. The highest BCUT2D eigenvalue weighted by molar-refractivity contribution is 5.57. The molecule has 3 rings (SSSR count). The summed E-state index contributed by atoms with van der Waals surface area (Å²) in [5.41, 5.74) is 2.87. The van der Waals surface area contributed by atoms with Crippen molar-refractivity contribution >= 4 is 6.29 Å². The maximum atomic E-state index is 12.0. The fourth-order valence-corrected chi connectivity index (χ4v) is 3.40. The van der Waals surface area contributed by atoms with Crippen molar-refractivity contribution in [3.63, 3.8) is 0 Å². The number of rotatable bonds is 13. The molecule has 168 valence electrons. The second kappa shape index (κ2) is 12.9. The third-order valence-electron chi connectivity index (χ3n) is 5.11. The van der Waals surface area contributed by atoms with Crippen molar-refractivity contribution in [2.45, 2.75) is 51.2 Å². The number of aldehydes is 1. The zero-order chi connectivity index (χ0) is 22.6. The zero-order valence-electron chi connectivity index (χ0n) is 18.2. The Morgan fingerprint density at radius 1 is 0.656 bits per heavy atom. The van der Waals surface area contributed by atoms with E-state index < -0.39 is 24.4 Å². The van der Waals surface area contributed by atoms with Gasteiger partial charge in [-0.2, -0.15) is 0 Å². The van der Waals surface area contributed by atoms with Crippen LogP contribution in [0, 0.1) is 0 Å². The molecule has 0 spiro atoms. The Balaban J connectivity index is 1.76. The van der Waals surface area contributed by atoms with E-state index in [9.17, 15) is 9.90 Å². The number of ether oxygens (including phenoxy) is 3. The first-order chi connectivity index (χ1) is 15.7. The second-order valence-corrected chi connectivity index (χ2v) is 7.66. The van der Waals surface area contributed by atoms with Gasteiger partial charge in [0.2, 0.25) is 0 Å². The van der Waals surface area contributed by atoms with Gasteiger partial charge in [-0.1, -0.05) is 91.0 Å². The smallest absolute Gasteiger partial charge is 0.151 e. The third-order valence-corrected chi connectivity index (χ3v) is 5.11. The van der Waals surface area contributed by atoms with E-state index in [1.807, 2.05) is 91.0 Å². The first-order valence-corrected chi connectivity index (χ1v) is 10.8. The van der Waals surface area contributed by atoms with Gasteiger partial charge in [0.15, 0.2) is 6.29 Å². The number of hydrogen-bond donors (Lipinski definition) is 1. The lowest BCUT2D eigenvalue weighted by Crippen LogP contribution is -2.48. The van der Waals surface area contributed by atoms with Crippen molar-refractivity contribution in [2.24, 2.45) is 0 Å². The minimum atomic E-state index is -0.908. The van der Waals surface area contributed by atoms with Crippen LogP contribution in [-0.4, -0.2) is 35.8 Å². The first kappa shape index (κ1) is 23.8. The number of carbonyl (C=O) groups excluding carboxylic acids is 1. The van der Waals surface area contributed by atoms with Gasteiger partial charge in [-0.3, -0.25) is 0 Å². The van der Waals surface area contributed by atoms with E-state index in [0.717, 1.165) is 23.0 Å². The summed E-state index contributed by atoms with van der Waals surface area (Å²) < 4.78 is 18.1. The molecule has 1 N–H and O–H groups in total. The molecule has 0 aliphatic rings. The molecule has 32 heavy (non-hydrogen) atoms. The zero-order valence-corrected chi connectivity index (χ0v) is 18.2. The van der Waals surface area contributed by atoms with Crippen molar-refractivity contribution in [1.29, 1.82) is 0 Å². The van der Waals surface area contributed by atoms with E-state index in [1.54, 1.807) is 6.92 Å². The van der Waals surface area contributed by atoms with Crippen LogP contribution < -0.4 is 0 Å². The molecule has 0 bridgehead atoms. The van der Waals surface area contributed by atoms with Gasteiger partial charge >= 0.3 is 0 Å². The average molecular weight is 435 g/mol. The maximum Gasteiger partial charge on any atom is 0.151 e. The minimum absolute atomic E-state index is 0.251. The van der Waals surface area contributed by atoms with Crippen LogP contribution in [-0.2, 0) is 38.8 Å². The molecular formula is C27H30O5. The Morgan fingerprint density at radius 2 is 1.03 bits per heavy atom. The molecule has 4 atom stereocenters. The molecule has 0 aromatic heterocycles. The van der Waals surface area contributed by atoms with Gasteiger partial charge < -0.3 is 24.1 Å². The summed E-state index contributed by atoms with van der Waals surface area (Å²) in [5.74, 6) is 0. The molecule has 0 unspecified atom stereocenters. The van der Waals surface area contributed by atoms with Gasteiger partial charge in [0.1, 0.15) is 18.3 Å². The summed E-state index contributed by atoms with van der Waals surface area (Å²) in [5, 5.41) is 10.5. The standard InChI is InChI=1S/C27H30O5/c1-21(29)26(31-19-23-13-7-3-8-14-23)27(32-20-24-15-9-4-10-16-24)25(17-28)30-18-22-11-5-2-6-12-22/h2-17,21,25-27,29H,18-20H2,1H3/t21-,25-,26-,27-/m0/s1. The molecular weight excluding hydrogens is 404 g/mol. The van der Waals surface area contributed by atoms with Crippen LogP contribution in [0.4, 0.5) is 0 Å². The molecule has 3 aromatic carbocycles. The van der Waals surface area contributed by atoms with Gasteiger partial charge in [-0.25, -0.2) is 0 Å². The highest BCUT2D eigenvalue weighted by atomic mass is 16.6. The summed E-state index contributed by atoms with van der Waals surface area (Å²) in [4.78, 5) is 12.0. The largest absolute Gasteiger partial charge is 0.391 e. The van der Waals surface area contributed by atoms with E-state index in [0.29, 0.717) is 0 Å². The van der Waals surface area contributed by atoms with E-state index in [1.165, 1.54) is 0 Å². The van der Waals surface area contributed by atoms with Crippen molar-refractivity contribution in [1.82, 2.24) is 0 Å². The summed E-state index contributed by atoms with van der Waals surface area (Å²) in [6, 6.07) is 29.0. The Hall–Kier alpha value is -2.83. The van der Waals surface area contributed by atoms with Gasteiger partial charge in [0, 0.05) is 0 Å². The Morgan fingerprint density at radius 3 is 1.41 bits per heavy atom. The number of benzene rings is 3. The van der Waals surface area contributed by atoms with Crippen molar-refractivity contribution < 1.29 is 24.1 Å². The fraction of sp³-hybridized carbons (Fsp3) is 0.296. The normalized spacial score (nSPS) is 14.9. The summed E-state index contributed by atoms with van der Waals surface area (Å²) >= 11 is 0. The van der Waals surface area contributed by atoms with Crippen LogP contribution in [0.3, 0.4) is 0 Å². The summed E-state index contributed by atoms with van der Waals surface area (Å²) in [6.07, 6.45) is -2.61. The van der Waals surface area contributed by atoms with E-state index in [2.05, 4.69) is 0 Å². The maximum absolute atomic E-state index is 12.0. The van der Waals surface area contributed by atoms with E-state index >= 15 is 0 Å². The molecule has 0 fully saturated rings. The molecule has 0 aliphatic heterocycles.